The smallest absolute Gasteiger partial charge is 0.342 e. The number of aliphatic hydroxyl groups excluding tert-OH is 2. The minimum absolute atomic E-state index is 0.0411. The van der Waals surface area contributed by atoms with Crippen molar-refractivity contribution in [2.45, 2.75) is 111 Å². The van der Waals surface area contributed by atoms with Gasteiger partial charge in [0.25, 0.3) is 11.7 Å². The van der Waals surface area contributed by atoms with Gasteiger partial charge in [0.2, 0.25) is 0 Å². The number of nitrogens with zero attached hydrogens (tertiary/aromatic N) is 6. The molecule has 0 saturated carbocycles. The highest BCUT2D eigenvalue weighted by Crippen LogP contribution is 2.47. The Bertz CT molecular complexity index is 2710. The van der Waals surface area contributed by atoms with Gasteiger partial charge in [-0.3, -0.25) is 29.3 Å². The number of carbonyl (C=O) groups excluding carboxylic acids is 3. The van der Waals surface area contributed by atoms with Crippen LogP contribution in [0.3, 0.4) is 0 Å². The molecule has 67 heavy (non-hydrogen) atoms. The van der Waals surface area contributed by atoms with Gasteiger partial charge in [0.05, 0.1) is 40.9 Å². The van der Waals surface area contributed by atoms with Crippen LogP contribution in [0.5, 0.6) is 17.2 Å². The Hall–Kier alpha value is -6.22. The molecule has 2 aromatic carbocycles. The number of ether oxygens (including phenoxy) is 4. The molecule has 5 N–H and O–H groups in total. The summed E-state index contributed by atoms with van der Waals surface area (Å²) in [5, 5.41) is 61.2. The number of anilines is 1. The molecular weight excluding hydrogens is 871 g/mol. The summed E-state index contributed by atoms with van der Waals surface area (Å²) in [4.78, 5) is 68.6. The number of rotatable bonds is 6. The molecular formula is C47H59N7O13. The van der Waals surface area contributed by atoms with Crippen molar-refractivity contribution in [1.29, 1.82) is 0 Å². The lowest BCUT2D eigenvalue weighted by Gasteiger charge is -2.38. The van der Waals surface area contributed by atoms with E-state index in [1.54, 1.807) is 58.3 Å². The van der Waals surface area contributed by atoms with Gasteiger partial charge in [-0.05, 0) is 17.9 Å². The number of aryl methyl sites for hydroxylation is 1. The summed E-state index contributed by atoms with van der Waals surface area (Å²) in [5.74, 6) is -7.10. The van der Waals surface area contributed by atoms with Crippen LogP contribution in [0.4, 0.5) is 11.5 Å². The van der Waals surface area contributed by atoms with E-state index in [2.05, 4.69) is 15.2 Å². The maximum Gasteiger partial charge on any atom is 0.342 e. The van der Waals surface area contributed by atoms with E-state index < -0.39 is 93.6 Å². The van der Waals surface area contributed by atoms with E-state index in [9.17, 15) is 44.9 Å². The lowest BCUT2D eigenvalue weighted by Crippen LogP contribution is -2.46. The number of nitrogens with one attached hydrogen (secondary N) is 1. The van der Waals surface area contributed by atoms with Crippen molar-refractivity contribution >= 4 is 39.9 Å². The Kier molecular flexibility index (Phi) is 13.7. The number of nitro groups is 1. The molecule has 4 aliphatic rings. The maximum absolute atomic E-state index is 14.7. The standard InChI is InChI=1S/C47H59N7O13/c1-23-11-10-12-24(2)45(61)49-39-38-37(50-47(51-38)14-16-52(17-15-47)18-19-53-28(6)48-22-33(53)54(62)63)36-34(42(39)59)30(56)21-32-35(36)44(60)46(8,67-32)65-20-13-31(64-9)25(3)43(66-29(7)55)27(5)41(58)26(4)40(23)57/h10-13,20-23,25-27,31,40-41,43,56-59H,14-19H2,1-9H3,(H,49,61)/b11-10+,20-13+,24-12-/t23-,25+,26+,27+,31-,40-,41+,43+,46-/m0/s1. The average Bonchev–Trinajstić information content (AvgIpc) is 3.93. The highest BCUT2D eigenvalue weighted by molar-refractivity contribution is 6.19. The number of imidazole rings is 1. The third kappa shape index (κ3) is 9.14. The molecule has 0 aliphatic carbocycles. The van der Waals surface area contributed by atoms with E-state index >= 15 is 0 Å². The Morgan fingerprint density at radius 3 is 2.34 bits per heavy atom. The van der Waals surface area contributed by atoms with Crippen LogP contribution in [-0.4, -0.2) is 120 Å². The number of piperidine rings is 1. The van der Waals surface area contributed by atoms with Gasteiger partial charge in [-0.25, -0.2) is 9.55 Å². The monoisotopic (exact) mass is 929 g/mol. The van der Waals surface area contributed by atoms with Gasteiger partial charge in [-0.15, -0.1) is 0 Å². The molecule has 0 unspecified atom stereocenters. The van der Waals surface area contributed by atoms with Gasteiger partial charge in [0.15, 0.2) is 17.2 Å². The quantitative estimate of drug-likeness (QED) is 0.102. The number of likely N-dealkylation sites (tertiary alicyclic amines) is 1. The van der Waals surface area contributed by atoms with Crippen molar-refractivity contribution in [2.24, 2.45) is 33.7 Å². The fraction of sp³-hybridized carbons (Fsp3) is 0.532. The normalized spacial score (nSPS) is 30.6. The molecule has 9 atom stereocenters. The van der Waals surface area contributed by atoms with Crippen LogP contribution in [0.1, 0.15) is 77.5 Å². The molecule has 3 aromatic rings. The number of amides is 1. The summed E-state index contributed by atoms with van der Waals surface area (Å²) in [7, 11) is 1.44. The second-order valence-corrected chi connectivity index (χ2v) is 18.3. The molecule has 1 aromatic heterocycles. The molecule has 1 spiro atoms. The molecule has 20 heteroatoms. The number of carbonyl (C=O) groups is 3. The number of benzene rings is 2. The third-order valence-electron chi connectivity index (χ3n) is 13.7. The highest BCUT2D eigenvalue weighted by atomic mass is 16.7. The number of aromatic nitrogens is 2. The summed E-state index contributed by atoms with van der Waals surface area (Å²) in [6, 6.07) is 1.18. The molecule has 1 saturated heterocycles. The Morgan fingerprint density at radius 2 is 1.69 bits per heavy atom. The van der Waals surface area contributed by atoms with E-state index in [1.165, 1.54) is 51.6 Å². The number of fused-ring (bicyclic) bond motifs is 1. The molecule has 0 radical (unpaired) electrons. The predicted octanol–water partition coefficient (Wildman–Crippen LogP) is 3.90. The second-order valence-electron chi connectivity index (χ2n) is 18.3. The number of aliphatic hydroxyl groups is 2. The zero-order valence-corrected chi connectivity index (χ0v) is 39.0. The predicted molar refractivity (Wildman–Crippen MR) is 242 cm³/mol. The lowest BCUT2D eigenvalue weighted by molar-refractivity contribution is -0.392. The van der Waals surface area contributed by atoms with Crippen molar-refractivity contribution in [3.63, 3.8) is 0 Å². The molecule has 4 aliphatic heterocycles. The molecule has 4 bridgehead atoms. The van der Waals surface area contributed by atoms with Gasteiger partial charge >= 0.3 is 17.6 Å². The Morgan fingerprint density at radius 1 is 1.00 bits per heavy atom. The van der Waals surface area contributed by atoms with E-state index in [1.807, 2.05) is 0 Å². The van der Waals surface area contributed by atoms with Gasteiger partial charge in [-0.1, -0.05) is 45.9 Å². The molecule has 1 amide bonds. The van der Waals surface area contributed by atoms with Crippen LogP contribution in [0.15, 0.2) is 58.4 Å². The van der Waals surface area contributed by atoms with Crippen LogP contribution in [0.25, 0.3) is 10.8 Å². The zero-order valence-electron chi connectivity index (χ0n) is 39.0. The van der Waals surface area contributed by atoms with Gasteiger partial charge < -0.3 is 54.8 Å². The summed E-state index contributed by atoms with van der Waals surface area (Å²) in [6.07, 6.45) is 5.59. The van der Waals surface area contributed by atoms with Crippen molar-refractivity contribution < 1.29 is 58.7 Å². The van der Waals surface area contributed by atoms with E-state index in [-0.39, 0.29) is 49.9 Å². The van der Waals surface area contributed by atoms with E-state index in [0.717, 1.165) is 0 Å². The fourth-order valence-corrected chi connectivity index (χ4v) is 9.64. The first-order valence-electron chi connectivity index (χ1n) is 22.4. The first-order chi connectivity index (χ1) is 31.6. The van der Waals surface area contributed by atoms with Gasteiger partial charge in [-0.2, -0.15) is 0 Å². The summed E-state index contributed by atoms with van der Waals surface area (Å²) in [5.41, 5.74) is -1.11. The summed E-state index contributed by atoms with van der Waals surface area (Å²) >= 11 is 0. The number of methoxy groups -OCH3 is 1. The van der Waals surface area contributed by atoms with Crippen LogP contribution in [-0.2, 0) is 30.3 Å². The van der Waals surface area contributed by atoms with Crippen molar-refractivity contribution in [3.05, 3.63) is 80.6 Å². The zero-order chi connectivity index (χ0) is 48.9. The first kappa shape index (κ1) is 48.7. The number of phenolic OH excluding ortho intramolecular Hbond substituents is 2. The van der Waals surface area contributed by atoms with Crippen LogP contribution in [0, 0.1) is 40.7 Å². The molecule has 5 heterocycles. The van der Waals surface area contributed by atoms with E-state index in [0.29, 0.717) is 44.8 Å². The number of aromatic hydroxyl groups is 2. The largest absolute Gasteiger partial charge is 0.507 e. The molecule has 20 nitrogen and oxygen atoms in total. The third-order valence-corrected chi connectivity index (χ3v) is 13.7. The summed E-state index contributed by atoms with van der Waals surface area (Å²) < 4.78 is 25.3. The fourth-order valence-electron chi connectivity index (χ4n) is 9.64. The number of ketones is 1. The number of allylic oxidation sites excluding steroid dienone is 2. The Balaban J connectivity index is 1.32. The Labute approximate surface area is 386 Å². The van der Waals surface area contributed by atoms with Crippen LogP contribution in [0.2, 0.25) is 0 Å². The number of hydrogen-bond acceptors (Lipinski definition) is 17. The van der Waals surface area contributed by atoms with Crippen molar-refractivity contribution in [2.75, 3.05) is 32.1 Å². The summed E-state index contributed by atoms with van der Waals surface area (Å²) in [6.45, 7) is 14.6. The number of hydrogen-bond donors (Lipinski definition) is 5. The minimum Gasteiger partial charge on any atom is -0.507 e. The molecule has 360 valence electrons. The number of phenols is 2. The van der Waals surface area contributed by atoms with Crippen LogP contribution >= 0.6 is 0 Å². The SMILES string of the molecule is CO[C@H]1/C=C/O[C@@]2(C)Oc3cc(O)c4c(O)c(c5c(c4c3C2=O)=NC2(CCN(CCn3c([N+](=O)[O-])cnc3C)CC2)N=5)NC(=O)/C(C)=C\C=C\[C@H](C)[C@H](O)[C@@H](C)[C@@H](O)[C@@H](C)[C@H](OC(C)=O)[C@@H]1C. The highest BCUT2D eigenvalue weighted by Gasteiger charge is 2.49. The number of esters is 1. The van der Waals surface area contributed by atoms with Crippen LogP contribution < -0.4 is 20.8 Å². The van der Waals surface area contributed by atoms with E-state index in [4.69, 9.17) is 28.9 Å². The molecule has 1 fully saturated rings. The molecule has 7 rings (SSSR count). The average molecular weight is 930 g/mol. The topological polar surface area (TPSA) is 270 Å². The van der Waals surface area contributed by atoms with Crippen molar-refractivity contribution in [3.8, 4) is 17.2 Å². The minimum atomic E-state index is -2.01. The van der Waals surface area contributed by atoms with Gasteiger partial charge in [0, 0.05) is 101 Å². The second kappa shape index (κ2) is 18.8. The van der Waals surface area contributed by atoms with Gasteiger partial charge in [0.1, 0.15) is 41.4 Å². The lowest BCUT2D eigenvalue weighted by atomic mass is 9.78. The number of Topliss-reactive ketones (excluding diaryl/α,β-unsaturated/α-hetero) is 1. The first-order valence-corrected chi connectivity index (χ1v) is 22.4. The maximum atomic E-state index is 14.7. The van der Waals surface area contributed by atoms with Crippen molar-refractivity contribution in [1.82, 2.24) is 14.5 Å².